The highest BCUT2D eigenvalue weighted by Gasteiger charge is 2.20. The Balaban J connectivity index is 1.49. The average molecular weight is 297 g/mol. The molecule has 0 fully saturated rings. The van der Waals surface area contributed by atoms with E-state index in [0.717, 1.165) is 17.1 Å². The molecule has 0 saturated carbocycles. The maximum Gasteiger partial charge on any atom is 0.224 e. The minimum absolute atomic E-state index is 0.00804. The second-order valence-corrected chi connectivity index (χ2v) is 5.46. The van der Waals surface area contributed by atoms with Gasteiger partial charge in [0, 0.05) is 0 Å². The van der Waals surface area contributed by atoms with Gasteiger partial charge in [0.05, 0.1) is 13.0 Å². The third kappa shape index (κ3) is 3.58. The Kier molecular flexibility index (Phi) is 4.28. The third-order valence-corrected chi connectivity index (χ3v) is 3.58. The molecule has 4 nitrogen and oxygen atoms in total. The van der Waals surface area contributed by atoms with Gasteiger partial charge in [-0.25, -0.2) is 0 Å². The quantitative estimate of drug-likeness (QED) is 0.943. The fourth-order valence-electron chi connectivity index (χ4n) is 2.35. The van der Waals surface area contributed by atoms with Crippen molar-refractivity contribution in [1.29, 1.82) is 0 Å². The van der Waals surface area contributed by atoms with E-state index in [1.807, 2.05) is 55.5 Å². The number of carbonyl (C=O) groups excluding carboxylic acids is 1. The van der Waals surface area contributed by atoms with Crippen molar-refractivity contribution in [3.63, 3.8) is 0 Å². The normalized spacial score (nSPS) is 16.1. The molecule has 0 unspecified atom stereocenters. The monoisotopic (exact) mass is 297 g/mol. The summed E-state index contributed by atoms with van der Waals surface area (Å²) in [5.41, 5.74) is 2.20. The van der Waals surface area contributed by atoms with Crippen molar-refractivity contribution in [2.75, 3.05) is 13.2 Å². The van der Waals surface area contributed by atoms with Crippen molar-refractivity contribution in [2.45, 2.75) is 19.4 Å². The number of nitrogens with one attached hydrogen (secondary N) is 1. The number of hydrogen-bond donors (Lipinski definition) is 1. The number of benzene rings is 2. The fraction of sp³-hybridized carbons (Fsp3) is 0.278. The summed E-state index contributed by atoms with van der Waals surface area (Å²) in [4.78, 5) is 12.0. The number of ether oxygens (including phenoxy) is 2. The van der Waals surface area contributed by atoms with Crippen LogP contribution in [0.1, 0.15) is 11.1 Å². The predicted molar refractivity (Wildman–Crippen MR) is 84.2 cm³/mol. The lowest BCUT2D eigenvalue weighted by molar-refractivity contribution is -0.120. The molecule has 1 N–H and O–H groups in total. The van der Waals surface area contributed by atoms with Crippen LogP contribution in [0.5, 0.6) is 11.5 Å². The van der Waals surface area contributed by atoms with Gasteiger partial charge in [0.15, 0.2) is 11.5 Å². The highest BCUT2D eigenvalue weighted by atomic mass is 16.6. The zero-order valence-corrected chi connectivity index (χ0v) is 12.5. The highest BCUT2D eigenvalue weighted by Crippen LogP contribution is 2.30. The van der Waals surface area contributed by atoms with Gasteiger partial charge in [-0.15, -0.1) is 0 Å². The summed E-state index contributed by atoms with van der Waals surface area (Å²) in [6.45, 7) is 2.92. The van der Waals surface area contributed by atoms with Gasteiger partial charge in [-0.3, -0.25) is 4.79 Å². The number of fused-ring (bicyclic) bond motifs is 1. The fourth-order valence-corrected chi connectivity index (χ4v) is 2.35. The average Bonchev–Trinajstić information content (AvgIpc) is 2.55. The topological polar surface area (TPSA) is 47.6 Å². The zero-order valence-electron chi connectivity index (χ0n) is 12.5. The number of carbonyl (C=O) groups is 1. The Labute approximate surface area is 130 Å². The molecule has 2 aromatic rings. The Morgan fingerprint density at radius 2 is 1.86 bits per heavy atom. The number of hydrogen-bond acceptors (Lipinski definition) is 3. The van der Waals surface area contributed by atoms with Crippen LogP contribution < -0.4 is 14.8 Å². The highest BCUT2D eigenvalue weighted by molar-refractivity contribution is 5.78. The van der Waals surface area contributed by atoms with Gasteiger partial charge in [-0.05, 0) is 24.6 Å². The lowest BCUT2D eigenvalue weighted by atomic mass is 10.1. The van der Waals surface area contributed by atoms with E-state index < -0.39 is 0 Å². The maximum absolute atomic E-state index is 12.0. The molecular weight excluding hydrogens is 278 g/mol. The molecule has 0 radical (unpaired) electrons. The Morgan fingerprint density at radius 1 is 1.14 bits per heavy atom. The van der Waals surface area contributed by atoms with E-state index in [-0.39, 0.29) is 12.0 Å². The van der Waals surface area contributed by atoms with Gasteiger partial charge >= 0.3 is 0 Å². The molecule has 3 rings (SSSR count). The third-order valence-electron chi connectivity index (χ3n) is 3.58. The standard InChI is InChI=1S/C18H19NO3/c1-13-6-8-14(9-7-13)10-18(20)19-11-15-12-21-16-4-2-3-5-17(16)22-15/h2-9,15H,10-12H2,1H3,(H,19,20)/t15-/m1/s1. The summed E-state index contributed by atoms with van der Waals surface area (Å²) in [6.07, 6.45) is 0.224. The van der Waals surface area contributed by atoms with Crippen LogP contribution in [0.3, 0.4) is 0 Å². The van der Waals surface area contributed by atoms with Crippen LogP contribution in [-0.2, 0) is 11.2 Å². The van der Waals surface area contributed by atoms with E-state index in [2.05, 4.69) is 5.32 Å². The molecule has 0 spiro atoms. The van der Waals surface area contributed by atoms with Crippen LogP contribution >= 0.6 is 0 Å². The Hall–Kier alpha value is -2.49. The summed E-state index contributed by atoms with van der Waals surface area (Å²) in [5.74, 6) is 1.47. The van der Waals surface area contributed by atoms with Crippen molar-refractivity contribution in [1.82, 2.24) is 5.32 Å². The molecule has 1 atom stereocenters. The van der Waals surface area contributed by atoms with Gasteiger partial charge in [0.1, 0.15) is 12.7 Å². The molecule has 0 saturated heterocycles. The van der Waals surface area contributed by atoms with E-state index in [1.165, 1.54) is 5.56 Å². The predicted octanol–water partition coefficient (Wildman–Crippen LogP) is 2.49. The maximum atomic E-state index is 12.0. The molecule has 1 heterocycles. The second-order valence-electron chi connectivity index (χ2n) is 5.46. The first-order chi connectivity index (χ1) is 10.7. The first-order valence-electron chi connectivity index (χ1n) is 7.41. The molecule has 0 bridgehead atoms. The largest absolute Gasteiger partial charge is 0.486 e. The molecule has 1 aliphatic rings. The summed E-state index contributed by atoms with van der Waals surface area (Å²) >= 11 is 0. The number of para-hydroxylation sites is 2. The van der Waals surface area contributed by atoms with Crippen molar-refractivity contribution >= 4 is 5.91 Å². The van der Waals surface area contributed by atoms with E-state index in [4.69, 9.17) is 9.47 Å². The molecular formula is C18H19NO3. The summed E-state index contributed by atoms with van der Waals surface area (Å²) in [6, 6.07) is 15.5. The van der Waals surface area contributed by atoms with Crippen molar-refractivity contribution in [3.8, 4) is 11.5 Å². The molecule has 114 valence electrons. The van der Waals surface area contributed by atoms with Gasteiger partial charge in [0.2, 0.25) is 5.91 Å². The molecule has 2 aromatic carbocycles. The van der Waals surface area contributed by atoms with Gasteiger partial charge in [-0.1, -0.05) is 42.0 Å². The number of amides is 1. The molecule has 0 aromatic heterocycles. The number of aryl methyl sites for hydroxylation is 1. The van der Waals surface area contributed by atoms with Gasteiger partial charge < -0.3 is 14.8 Å². The van der Waals surface area contributed by atoms with Crippen LogP contribution in [0, 0.1) is 6.92 Å². The first-order valence-corrected chi connectivity index (χ1v) is 7.41. The van der Waals surface area contributed by atoms with Gasteiger partial charge in [0.25, 0.3) is 0 Å². The molecule has 1 amide bonds. The minimum Gasteiger partial charge on any atom is -0.486 e. The van der Waals surface area contributed by atoms with Crippen LogP contribution in [0.25, 0.3) is 0 Å². The van der Waals surface area contributed by atoms with Crippen LogP contribution in [-0.4, -0.2) is 25.2 Å². The smallest absolute Gasteiger partial charge is 0.224 e. The second kappa shape index (κ2) is 6.52. The lowest BCUT2D eigenvalue weighted by Crippen LogP contribution is -2.41. The Bertz CT molecular complexity index is 652. The van der Waals surface area contributed by atoms with Crippen LogP contribution in [0.4, 0.5) is 0 Å². The molecule has 0 aliphatic carbocycles. The first kappa shape index (κ1) is 14.4. The summed E-state index contributed by atoms with van der Waals surface area (Å²) in [7, 11) is 0. The van der Waals surface area contributed by atoms with E-state index in [0.29, 0.717) is 19.6 Å². The molecule has 1 aliphatic heterocycles. The molecule has 22 heavy (non-hydrogen) atoms. The zero-order chi connectivity index (χ0) is 15.4. The summed E-state index contributed by atoms with van der Waals surface area (Å²) < 4.78 is 11.4. The SMILES string of the molecule is Cc1ccc(CC(=O)NC[C@@H]2COc3ccccc3O2)cc1. The lowest BCUT2D eigenvalue weighted by Gasteiger charge is -2.26. The van der Waals surface area contributed by atoms with E-state index >= 15 is 0 Å². The number of rotatable bonds is 4. The van der Waals surface area contributed by atoms with E-state index in [9.17, 15) is 4.79 Å². The van der Waals surface area contributed by atoms with Crippen LogP contribution in [0.15, 0.2) is 48.5 Å². The van der Waals surface area contributed by atoms with Gasteiger partial charge in [-0.2, -0.15) is 0 Å². The summed E-state index contributed by atoms with van der Waals surface area (Å²) in [5, 5.41) is 2.90. The van der Waals surface area contributed by atoms with Crippen molar-refractivity contribution in [2.24, 2.45) is 0 Å². The minimum atomic E-state index is -0.156. The van der Waals surface area contributed by atoms with Crippen LogP contribution in [0.2, 0.25) is 0 Å². The van der Waals surface area contributed by atoms with Crippen molar-refractivity contribution < 1.29 is 14.3 Å². The van der Waals surface area contributed by atoms with Crippen molar-refractivity contribution in [3.05, 3.63) is 59.7 Å². The molecule has 4 heteroatoms. The van der Waals surface area contributed by atoms with E-state index in [1.54, 1.807) is 0 Å². The Morgan fingerprint density at radius 3 is 2.64 bits per heavy atom.